The minimum absolute atomic E-state index is 0.282. The van der Waals surface area contributed by atoms with Gasteiger partial charge in [0, 0.05) is 0 Å². The highest BCUT2D eigenvalue weighted by Crippen LogP contribution is 2.35. The van der Waals surface area contributed by atoms with E-state index in [1.807, 2.05) is 12.2 Å². The fraction of sp³-hybridized carbons (Fsp3) is 0.854. The summed E-state index contributed by atoms with van der Waals surface area (Å²) < 4.78 is 11.0. The Morgan fingerprint density at radius 1 is 0.489 bits per heavy atom. The molecule has 0 aliphatic heterocycles. The van der Waals surface area contributed by atoms with Gasteiger partial charge in [-0.05, 0) is 63.0 Å². The quantitative estimate of drug-likeness (QED) is 0.0450. The average Bonchev–Trinajstić information content (AvgIpc) is 3.04. The smallest absolute Gasteiger partial charge is 0.314 e. The summed E-state index contributed by atoms with van der Waals surface area (Å²) >= 11 is 0. The highest BCUT2D eigenvalue weighted by molar-refractivity contribution is 5.82. The summed E-state index contributed by atoms with van der Waals surface area (Å²) in [4.78, 5) is 25.8. The van der Waals surface area contributed by atoms with Crippen LogP contribution in [0.4, 0.5) is 0 Å². The number of esters is 2. The largest absolute Gasteiger partial charge is 0.435 e. The van der Waals surface area contributed by atoms with Gasteiger partial charge >= 0.3 is 11.9 Å². The minimum Gasteiger partial charge on any atom is -0.435 e. The summed E-state index contributed by atoms with van der Waals surface area (Å²) in [6.45, 7) is 6.70. The summed E-state index contributed by atoms with van der Waals surface area (Å²) in [7, 11) is 0. The lowest BCUT2D eigenvalue weighted by molar-refractivity contribution is -0.157. The van der Waals surface area contributed by atoms with Crippen molar-refractivity contribution in [3.63, 3.8) is 0 Å². The Balaban J connectivity index is 2.12. The monoisotopic (exact) mass is 631 g/mol. The van der Waals surface area contributed by atoms with Gasteiger partial charge in [0.05, 0.1) is 24.4 Å². The van der Waals surface area contributed by atoms with Crippen LogP contribution >= 0.6 is 0 Å². The number of carbonyl (C=O) groups excluding carboxylic acids is 2. The van der Waals surface area contributed by atoms with E-state index >= 15 is 0 Å². The van der Waals surface area contributed by atoms with Gasteiger partial charge in [-0.15, -0.1) is 0 Å². The van der Waals surface area contributed by atoms with E-state index in [9.17, 15) is 9.59 Å². The lowest BCUT2D eigenvalue weighted by atomic mass is 9.74. The SMILES string of the molecule is CCCCCCCCCCCCCCC=COC(=O)C1CCC(C)CC1C(=O)OC=CCCCCCCCCCCCCCC. The van der Waals surface area contributed by atoms with Gasteiger partial charge in [-0.3, -0.25) is 9.59 Å². The Morgan fingerprint density at radius 3 is 1.20 bits per heavy atom. The molecule has 0 radical (unpaired) electrons. The van der Waals surface area contributed by atoms with Crippen LogP contribution in [-0.2, 0) is 19.1 Å². The maximum Gasteiger partial charge on any atom is 0.314 e. The zero-order chi connectivity index (χ0) is 32.6. The number of hydrogen-bond acceptors (Lipinski definition) is 4. The third kappa shape index (κ3) is 24.3. The van der Waals surface area contributed by atoms with Crippen LogP contribution in [0.15, 0.2) is 24.7 Å². The first-order valence-electron chi connectivity index (χ1n) is 19.8. The number of ether oxygens (including phenoxy) is 2. The molecule has 0 N–H and O–H groups in total. The molecule has 262 valence electrons. The summed E-state index contributed by atoms with van der Waals surface area (Å²) in [6, 6.07) is 0. The van der Waals surface area contributed by atoms with Crippen molar-refractivity contribution in [1.29, 1.82) is 0 Å². The van der Waals surface area contributed by atoms with E-state index in [1.54, 1.807) is 12.5 Å². The Labute approximate surface area is 280 Å². The van der Waals surface area contributed by atoms with Gasteiger partial charge in [-0.2, -0.15) is 0 Å². The van der Waals surface area contributed by atoms with E-state index in [4.69, 9.17) is 9.47 Å². The van der Waals surface area contributed by atoms with Gasteiger partial charge in [0.15, 0.2) is 0 Å². The van der Waals surface area contributed by atoms with Gasteiger partial charge in [0.1, 0.15) is 0 Å². The molecule has 1 fully saturated rings. The number of carbonyl (C=O) groups is 2. The predicted octanol–water partition coefficient (Wildman–Crippen LogP) is 13.3. The van der Waals surface area contributed by atoms with Crippen LogP contribution in [0.1, 0.15) is 207 Å². The van der Waals surface area contributed by atoms with E-state index in [-0.39, 0.29) is 11.9 Å². The summed E-state index contributed by atoms with van der Waals surface area (Å²) in [5, 5.41) is 0. The zero-order valence-corrected chi connectivity index (χ0v) is 30.2. The minimum atomic E-state index is -0.415. The van der Waals surface area contributed by atoms with E-state index in [0.717, 1.165) is 32.1 Å². The van der Waals surface area contributed by atoms with Crippen molar-refractivity contribution in [2.75, 3.05) is 0 Å². The maximum absolute atomic E-state index is 12.9. The highest BCUT2D eigenvalue weighted by Gasteiger charge is 2.39. The number of rotatable bonds is 30. The van der Waals surface area contributed by atoms with Crippen LogP contribution in [0.3, 0.4) is 0 Å². The number of hydrogen-bond donors (Lipinski definition) is 0. The third-order valence-electron chi connectivity index (χ3n) is 9.73. The number of allylic oxidation sites excluding steroid dienone is 2. The van der Waals surface area contributed by atoms with Crippen LogP contribution < -0.4 is 0 Å². The molecule has 1 aliphatic carbocycles. The summed E-state index contributed by atoms with van der Waals surface area (Å²) in [5.41, 5.74) is 0. The van der Waals surface area contributed by atoms with E-state index < -0.39 is 11.8 Å². The second kappa shape index (κ2) is 31.0. The van der Waals surface area contributed by atoms with Crippen molar-refractivity contribution in [2.24, 2.45) is 17.8 Å². The van der Waals surface area contributed by atoms with Crippen molar-refractivity contribution in [2.45, 2.75) is 207 Å². The van der Waals surface area contributed by atoms with E-state index in [2.05, 4.69) is 20.8 Å². The van der Waals surface area contributed by atoms with Crippen molar-refractivity contribution in [1.82, 2.24) is 0 Å². The Bertz CT molecular complexity index is 742. The third-order valence-corrected chi connectivity index (χ3v) is 9.73. The molecule has 1 rings (SSSR count). The van der Waals surface area contributed by atoms with Crippen molar-refractivity contribution in [3.05, 3.63) is 24.7 Å². The van der Waals surface area contributed by atoms with Crippen LogP contribution in [-0.4, -0.2) is 11.9 Å². The fourth-order valence-electron chi connectivity index (χ4n) is 6.67. The molecule has 0 heterocycles. The van der Waals surface area contributed by atoms with Gasteiger partial charge in [-0.1, -0.05) is 162 Å². The van der Waals surface area contributed by atoms with E-state index in [0.29, 0.717) is 18.8 Å². The standard InChI is InChI=1S/C41H74O4/c1-4-6-8-10-12-14-16-18-20-22-24-26-28-30-34-44-40(42)38-33-32-37(3)36-39(38)41(43)45-35-31-29-27-25-23-21-19-17-15-13-11-9-7-5-2/h30-31,34-35,37-39H,4-29,32-33,36H2,1-3H3. The summed E-state index contributed by atoms with van der Waals surface area (Å²) in [6.07, 6.45) is 43.3. The molecule has 3 unspecified atom stereocenters. The van der Waals surface area contributed by atoms with Crippen LogP contribution in [0.2, 0.25) is 0 Å². The molecule has 0 aromatic rings. The molecule has 0 aromatic carbocycles. The van der Waals surface area contributed by atoms with Crippen LogP contribution in [0, 0.1) is 17.8 Å². The lowest BCUT2D eigenvalue weighted by Gasteiger charge is -2.31. The van der Waals surface area contributed by atoms with Crippen molar-refractivity contribution < 1.29 is 19.1 Å². The Hall–Kier alpha value is -1.58. The highest BCUT2D eigenvalue weighted by atomic mass is 16.5. The maximum atomic E-state index is 12.9. The Morgan fingerprint density at radius 2 is 0.822 bits per heavy atom. The van der Waals surface area contributed by atoms with E-state index in [1.165, 1.54) is 141 Å². The average molecular weight is 631 g/mol. The first-order valence-corrected chi connectivity index (χ1v) is 19.8. The van der Waals surface area contributed by atoms with Crippen molar-refractivity contribution >= 4 is 11.9 Å². The number of unbranched alkanes of at least 4 members (excludes halogenated alkanes) is 24. The van der Waals surface area contributed by atoms with Gasteiger partial charge in [0.2, 0.25) is 0 Å². The predicted molar refractivity (Wildman–Crippen MR) is 192 cm³/mol. The molecule has 1 aliphatic rings. The fourth-order valence-corrected chi connectivity index (χ4v) is 6.67. The van der Waals surface area contributed by atoms with Crippen LogP contribution in [0.5, 0.6) is 0 Å². The van der Waals surface area contributed by atoms with Gasteiger partial charge < -0.3 is 9.47 Å². The molecule has 4 heteroatoms. The molecule has 0 saturated heterocycles. The molecular weight excluding hydrogens is 556 g/mol. The topological polar surface area (TPSA) is 52.6 Å². The second-order valence-corrected chi connectivity index (χ2v) is 14.1. The molecule has 45 heavy (non-hydrogen) atoms. The van der Waals surface area contributed by atoms with Gasteiger partial charge in [0.25, 0.3) is 0 Å². The molecule has 1 saturated carbocycles. The molecule has 0 aromatic heterocycles. The summed E-state index contributed by atoms with van der Waals surface area (Å²) in [5.74, 6) is -0.972. The molecule has 4 nitrogen and oxygen atoms in total. The Kier molecular flexibility index (Phi) is 28.6. The first kappa shape index (κ1) is 41.4. The first-order chi connectivity index (χ1) is 22.1. The second-order valence-electron chi connectivity index (χ2n) is 14.1. The molecular formula is C41H74O4. The zero-order valence-electron chi connectivity index (χ0n) is 30.2. The molecule has 0 amide bonds. The lowest BCUT2D eigenvalue weighted by Crippen LogP contribution is -2.36. The normalized spacial score (nSPS) is 18.6. The van der Waals surface area contributed by atoms with Gasteiger partial charge in [-0.25, -0.2) is 0 Å². The molecule has 0 spiro atoms. The van der Waals surface area contributed by atoms with Crippen LogP contribution in [0.25, 0.3) is 0 Å². The molecule has 3 atom stereocenters. The molecule has 0 bridgehead atoms. The van der Waals surface area contributed by atoms with Crippen molar-refractivity contribution in [3.8, 4) is 0 Å².